The van der Waals surface area contributed by atoms with Crippen LogP contribution in [0.1, 0.15) is 62.1 Å². The maximum atomic E-state index is 14.7. The minimum atomic E-state index is -1.84. The molecule has 4 aromatic heterocycles. The van der Waals surface area contributed by atoms with Crippen molar-refractivity contribution >= 4 is 11.6 Å². The number of aliphatic hydroxyl groups is 2. The van der Waals surface area contributed by atoms with Crippen molar-refractivity contribution in [2.75, 3.05) is 20.8 Å². The molecule has 0 aliphatic rings. The minimum absolute atomic E-state index is 0.0243. The number of terminal acetylenes is 1. The predicted molar refractivity (Wildman–Crippen MR) is 305 cm³/mol. The Morgan fingerprint density at radius 1 is 0.552 bits per heavy atom. The van der Waals surface area contributed by atoms with Crippen molar-refractivity contribution in [1.29, 1.82) is 0 Å². The maximum absolute atomic E-state index is 14.7. The average molecular weight is 1190 g/mol. The smallest absolute Gasteiger partial charge is 0.163 e. The number of aromatic nitrogens is 12. The second-order valence-corrected chi connectivity index (χ2v) is 19.4. The third kappa shape index (κ3) is 18.0. The van der Waals surface area contributed by atoms with Crippen molar-refractivity contribution in [2.24, 2.45) is 0 Å². The zero-order valence-corrected chi connectivity index (χ0v) is 47.2. The number of ether oxygens (including phenoxy) is 5. The fourth-order valence-corrected chi connectivity index (χ4v) is 8.67. The predicted octanol–water partition coefficient (Wildman–Crippen LogP) is 8.36. The van der Waals surface area contributed by atoms with Crippen LogP contribution in [0.2, 0.25) is 0 Å². The summed E-state index contributed by atoms with van der Waals surface area (Å²) in [7, 11) is 3.23. The molecule has 10 aromatic rings. The van der Waals surface area contributed by atoms with E-state index in [4.69, 9.17) is 30.1 Å². The van der Waals surface area contributed by atoms with Crippen LogP contribution >= 0.6 is 0 Å². The van der Waals surface area contributed by atoms with Gasteiger partial charge in [0, 0.05) is 40.8 Å². The quantitative estimate of drug-likeness (QED) is 0.0310. The summed E-state index contributed by atoms with van der Waals surface area (Å²) >= 11 is 0. The van der Waals surface area contributed by atoms with Gasteiger partial charge in [-0.1, -0.05) is 40.6 Å². The summed E-state index contributed by atoms with van der Waals surface area (Å²) in [6, 6.07) is 34.4. The Hall–Kier alpha value is -10.6. The van der Waals surface area contributed by atoms with E-state index in [-0.39, 0.29) is 62.1 Å². The van der Waals surface area contributed by atoms with Crippen LogP contribution in [0.15, 0.2) is 171 Å². The van der Waals surface area contributed by atoms with Gasteiger partial charge in [-0.25, -0.2) is 46.3 Å². The number of halogens is 4. The van der Waals surface area contributed by atoms with E-state index in [9.17, 15) is 37.4 Å². The van der Waals surface area contributed by atoms with E-state index in [1.54, 1.807) is 75.1 Å². The first-order valence-corrected chi connectivity index (χ1v) is 26.6. The highest BCUT2D eigenvalue weighted by molar-refractivity contribution is 5.96. The third-order valence-electron chi connectivity index (χ3n) is 13.1. The molecule has 87 heavy (non-hydrogen) atoms. The molecule has 4 heterocycles. The number of rotatable bonds is 25. The van der Waals surface area contributed by atoms with Crippen molar-refractivity contribution in [3.05, 3.63) is 234 Å². The number of benzene rings is 6. The number of aryl methyl sites for hydroxylation is 1. The van der Waals surface area contributed by atoms with Crippen LogP contribution in [0.5, 0.6) is 28.7 Å². The van der Waals surface area contributed by atoms with Gasteiger partial charge in [0.05, 0.1) is 52.8 Å². The molecule has 0 aliphatic carbocycles. The molecule has 2 N–H and O–H groups in total. The molecule has 0 amide bonds. The van der Waals surface area contributed by atoms with Gasteiger partial charge in [0.25, 0.3) is 0 Å². The summed E-state index contributed by atoms with van der Waals surface area (Å²) in [4.78, 5) is 31.7. The summed E-state index contributed by atoms with van der Waals surface area (Å²) in [5, 5.41) is 46.9. The van der Waals surface area contributed by atoms with Gasteiger partial charge in [-0.15, -0.1) is 16.6 Å². The lowest BCUT2D eigenvalue weighted by Crippen LogP contribution is -2.37. The summed E-state index contributed by atoms with van der Waals surface area (Å²) < 4.78 is 88.3. The number of nitrogens with zero attached hydrogens (tertiary/aromatic N) is 12. The lowest BCUT2D eigenvalue weighted by molar-refractivity contribution is -0.00936. The van der Waals surface area contributed by atoms with E-state index in [1.165, 1.54) is 63.1 Å². The average Bonchev–Trinajstić information content (AvgIpc) is 2.34. The summed E-state index contributed by atoms with van der Waals surface area (Å²) in [6.45, 7) is 1.24. The standard InChI is InChI=1S/C30H28F2N6O4.C22H20F2N6O3.C10H10O2/c1-41-25-8-2-21(3-9-25)4-13-29(39)22-5-10-26(11-6-22)42-16-24-15-37(36-35-24)17-30(40,18-38-20-33-19-34-38)27-12-7-23(31)14-28(27)32;1-15(31)16-2-5-19(6-3-16)33-10-18-9-29(28-27-18)11-22(32,12-30-14-25-13-26-30)20-7-4-17(23)8-21(20)24;1-3-8-12-10-6-4-9(11-2)5-7-10/h2-3,5-12,14-15,19-20,40H,4,13,16-18H2,1H3;2-9,13-14,32H,10-12H2,1H3;1,4-7H,8H2,2H3. The van der Waals surface area contributed by atoms with Crippen LogP contribution < -0.4 is 23.7 Å². The van der Waals surface area contributed by atoms with Gasteiger partial charge in [0.15, 0.2) is 11.6 Å². The lowest BCUT2D eigenvalue weighted by atomic mass is 9.93. The van der Waals surface area contributed by atoms with E-state index in [0.29, 0.717) is 65.6 Å². The van der Waals surface area contributed by atoms with Crippen molar-refractivity contribution in [3.63, 3.8) is 0 Å². The second-order valence-electron chi connectivity index (χ2n) is 19.4. The molecule has 0 saturated carbocycles. The van der Waals surface area contributed by atoms with Crippen molar-refractivity contribution in [3.8, 4) is 41.1 Å². The first kappa shape index (κ1) is 62.5. The van der Waals surface area contributed by atoms with Crippen LogP contribution in [0, 0.1) is 35.6 Å². The number of ketones is 2. The molecule has 25 heteroatoms. The van der Waals surface area contributed by atoms with E-state index in [2.05, 4.69) is 46.7 Å². The maximum Gasteiger partial charge on any atom is 0.163 e. The molecular formula is C62H58F4N12O9. The molecule has 0 saturated heterocycles. The summed E-state index contributed by atoms with van der Waals surface area (Å²) in [6.07, 6.45) is 14.5. The Bertz CT molecular complexity index is 3850. The molecule has 0 spiro atoms. The van der Waals surface area contributed by atoms with Crippen LogP contribution in [0.25, 0.3) is 0 Å². The molecule has 0 aliphatic heterocycles. The largest absolute Gasteiger partial charge is 0.497 e. The fourth-order valence-electron chi connectivity index (χ4n) is 8.67. The number of hydrogen-bond acceptors (Lipinski definition) is 17. The van der Waals surface area contributed by atoms with Crippen LogP contribution in [-0.4, -0.2) is 102 Å². The highest BCUT2D eigenvalue weighted by atomic mass is 19.1. The number of methoxy groups -OCH3 is 2. The lowest BCUT2D eigenvalue weighted by Gasteiger charge is -2.28. The zero-order chi connectivity index (χ0) is 61.8. The third-order valence-corrected chi connectivity index (χ3v) is 13.1. The van der Waals surface area contributed by atoms with Crippen molar-refractivity contribution in [1.82, 2.24) is 59.5 Å². The minimum Gasteiger partial charge on any atom is -0.497 e. The van der Waals surface area contributed by atoms with Crippen LogP contribution in [0.4, 0.5) is 17.6 Å². The SMILES string of the molecule is C#CCOc1ccc(OC)cc1.CC(=O)c1ccc(OCc2cn(CC(O)(Cn3cncn3)c3ccc(F)cc3F)nn2)cc1.COc1ccc(CCC(=O)c2ccc(OCc3cn(CC(O)(Cn4cncn4)c4ccc(F)cc4F)nn3)cc2)cc1. The normalized spacial score (nSPS) is 12.2. The molecular weight excluding hydrogens is 1130 g/mol. The van der Waals surface area contributed by atoms with Crippen LogP contribution in [0.3, 0.4) is 0 Å². The van der Waals surface area contributed by atoms with Gasteiger partial charge in [-0.2, -0.15) is 10.2 Å². The van der Waals surface area contributed by atoms with E-state index in [0.717, 1.165) is 34.9 Å². The van der Waals surface area contributed by atoms with E-state index >= 15 is 0 Å². The Morgan fingerprint density at radius 2 is 0.966 bits per heavy atom. The molecule has 0 radical (unpaired) electrons. The molecule has 2 unspecified atom stereocenters. The molecule has 0 bridgehead atoms. The fraction of sp³-hybridized carbons (Fsp3) is 0.226. The first-order valence-electron chi connectivity index (χ1n) is 26.6. The second kappa shape index (κ2) is 29.8. The Morgan fingerprint density at radius 3 is 1.38 bits per heavy atom. The Balaban J connectivity index is 0.000000193. The Labute approximate surface area is 496 Å². The van der Waals surface area contributed by atoms with Gasteiger partial charge >= 0.3 is 0 Å². The zero-order valence-electron chi connectivity index (χ0n) is 47.2. The van der Waals surface area contributed by atoms with Crippen molar-refractivity contribution in [2.45, 2.75) is 70.4 Å². The van der Waals surface area contributed by atoms with Gasteiger partial charge in [0.2, 0.25) is 0 Å². The molecule has 21 nitrogen and oxygen atoms in total. The molecule has 2 atom stereocenters. The number of Topliss-reactive ketones (excluding diaryl/α,β-unsaturated/α-hetero) is 2. The first-order chi connectivity index (χ1) is 42.0. The Kier molecular flexibility index (Phi) is 21.4. The van der Waals surface area contributed by atoms with Crippen molar-refractivity contribution < 1.29 is 61.0 Å². The summed E-state index contributed by atoms with van der Waals surface area (Å²) in [5.41, 5.74) is -0.756. The van der Waals surface area contributed by atoms with E-state index < -0.39 is 34.5 Å². The number of hydrogen-bond donors (Lipinski definition) is 2. The molecule has 6 aromatic carbocycles. The monoisotopic (exact) mass is 1190 g/mol. The number of carbonyl (C=O) groups excluding carboxylic acids is 2. The molecule has 0 fully saturated rings. The van der Waals surface area contributed by atoms with Gasteiger partial charge < -0.3 is 33.9 Å². The molecule has 448 valence electrons. The van der Waals surface area contributed by atoms with Gasteiger partial charge in [0.1, 0.15) is 120 Å². The topological polar surface area (TPSA) is 244 Å². The van der Waals surface area contributed by atoms with Crippen LogP contribution in [-0.2, 0) is 57.0 Å². The highest BCUT2D eigenvalue weighted by Crippen LogP contribution is 2.31. The van der Waals surface area contributed by atoms with Gasteiger partial charge in [-0.05, 0) is 116 Å². The molecule has 10 rings (SSSR count). The van der Waals surface area contributed by atoms with E-state index in [1.807, 2.05) is 48.5 Å². The number of carbonyl (C=O) groups is 2. The van der Waals surface area contributed by atoms with Gasteiger partial charge in [-0.3, -0.25) is 9.59 Å². The highest BCUT2D eigenvalue weighted by Gasteiger charge is 2.36. The summed E-state index contributed by atoms with van der Waals surface area (Å²) in [5.74, 6) is 2.49.